The second-order valence-electron chi connectivity index (χ2n) is 7.87. The van der Waals surface area contributed by atoms with Crippen LogP contribution in [0.25, 0.3) is 10.9 Å². The van der Waals surface area contributed by atoms with Gasteiger partial charge < -0.3 is 37.5 Å². The molecule has 34 heavy (non-hydrogen) atoms. The molecule has 0 radical (unpaired) electrons. The molecule has 0 bridgehead atoms. The van der Waals surface area contributed by atoms with Crippen molar-refractivity contribution in [3.05, 3.63) is 36.0 Å². The van der Waals surface area contributed by atoms with Gasteiger partial charge in [-0.25, -0.2) is 0 Å². The first-order chi connectivity index (χ1) is 16.3. The number of hydrogen-bond acceptors (Lipinski definition) is 7. The van der Waals surface area contributed by atoms with Gasteiger partial charge in [0.1, 0.15) is 18.6 Å². The van der Waals surface area contributed by atoms with Gasteiger partial charge in [-0.3, -0.25) is 19.2 Å². The van der Waals surface area contributed by atoms with Crippen LogP contribution in [-0.2, 0) is 25.6 Å². The van der Waals surface area contributed by atoms with Crippen LogP contribution < -0.4 is 27.4 Å². The number of fused-ring (bicyclic) bond motifs is 1. The monoisotopic (exact) mass is 492 g/mol. The zero-order valence-corrected chi connectivity index (χ0v) is 19.6. The van der Waals surface area contributed by atoms with Crippen molar-refractivity contribution in [3.8, 4) is 0 Å². The molecule has 0 fully saturated rings. The molecule has 0 aliphatic heterocycles. The number of carboxylic acids is 1. The third kappa shape index (κ3) is 8.04. The quantitative estimate of drug-likeness (QED) is 0.126. The Morgan fingerprint density at radius 3 is 2.41 bits per heavy atom. The number of nitrogens with one attached hydrogen (secondary N) is 4. The molecule has 186 valence electrons. The number of aromatic amines is 1. The Bertz CT molecular complexity index is 997. The Labute approximate surface area is 202 Å². The third-order valence-electron chi connectivity index (χ3n) is 5.26. The zero-order valence-electron chi connectivity index (χ0n) is 18.8. The van der Waals surface area contributed by atoms with Crippen LogP contribution in [0.5, 0.6) is 0 Å². The van der Waals surface area contributed by atoms with E-state index in [1.54, 1.807) is 6.20 Å². The number of carbonyl (C=O) groups excluding carboxylic acids is 3. The summed E-state index contributed by atoms with van der Waals surface area (Å²) in [6.45, 7) is -0.161. The maximum Gasteiger partial charge on any atom is 0.322 e. The van der Waals surface area contributed by atoms with Gasteiger partial charge in [-0.2, -0.15) is 12.6 Å². The van der Waals surface area contributed by atoms with Crippen LogP contribution in [0.2, 0.25) is 0 Å². The second kappa shape index (κ2) is 13.6. The largest absolute Gasteiger partial charge is 0.480 e. The molecule has 12 heteroatoms. The first kappa shape index (κ1) is 27.2. The minimum absolute atomic E-state index is 0.101. The molecular weight excluding hydrogens is 460 g/mol. The van der Waals surface area contributed by atoms with Crippen LogP contribution >= 0.6 is 12.6 Å². The molecule has 9 N–H and O–H groups in total. The standard InChI is InChI=1S/C22H32N6O5S/c23-8-4-3-7-17(27-20(31)15(24)12-34)22(33)28-18(21(32)26-11-19(29)30)9-13-10-25-16-6-2-1-5-14(13)16/h1-2,5-6,10,15,17-18,25,34H,3-4,7-9,11-12,23-24H2,(H,26,32)(H,27,31)(H,28,33)(H,29,30). The summed E-state index contributed by atoms with van der Waals surface area (Å²) in [5.41, 5.74) is 12.9. The van der Waals surface area contributed by atoms with Crippen LogP contribution in [0.3, 0.4) is 0 Å². The van der Waals surface area contributed by atoms with E-state index < -0.39 is 48.4 Å². The molecule has 1 heterocycles. The fourth-order valence-corrected chi connectivity index (χ4v) is 3.58. The molecule has 0 saturated heterocycles. The lowest BCUT2D eigenvalue weighted by Crippen LogP contribution is -2.56. The van der Waals surface area contributed by atoms with E-state index in [0.717, 1.165) is 16.5 Å². The number of nitrogens with two attached hydrogens (primary N) is 2. The molecule has 2 aromatic rings. The lowest BCUT2D eigenvalue weighted by atomic mass is 10.0. The zero-order chi connectivity index (χ0) is 25.1. The topological polar surface area (TPSA) is 192 Å². The van der Waals surface area contributed by atoms with E-state index in [1.165, 1.54) is 0 Å². The molecule has 2 rings (SSSR count). The molecule has 11 nitrogen and oxygen atoms in total. The van der Waals surface area contributed by atoms with Gasteiger partial charge in [0.2, 0.25) is 17.7 Å². The molecule has 1 aromatic heterocycles. The smallest absolute Gasteiger partial charge is 0.322 e. The molecule has 3 unspecified atom stereocenters. The molecule has 0 saturated carbocycles. The summed E-state index contributed by atoms with van der Waals surface area (Å²) in [4.78, 5) is 52.2. The summed E-state index contributed by atoms with van der Waals surface area (Å²) in [5.74, 6) is -2.87. The summed E-state index contributed by atoms with van der Waals surface area (Å²) < 4.78 is 0. The third-order valence-corrected chi connectivity index (χ3v) is 5.65. The minimum atomic E-state index is -1.21. The van der Waals surface area contributed by atoms with Gasteiger partial charge in [-0.15, -0.1) is 0 Å². The number of aliphatic carboxylic acids is 1. The molecular formula is C22H32N6O5S. The molecule has 3 atom stereocenters. The van der Waals surface area contributed by atoms with Crippen molar-refractivity contribution in [2.75, 3.05) is 18.8 Å². The van der Waals surface area contributed by atoms with Gasteiger partial charge >= 0.3 is 5.97 Å². The Kier molecular flexibility index (Phi) is 10.8. The maximum absolute atomic E-state index is 13.1. The fourth-order valence-electron chi connectivity index (χ4n) is 3.41. The average molecular weight is 493 g/mol. The Hall–Kier alpha value is -3.09. The number of carbonyl (C=O) groups is 4. The van der Waals surface area contributed by atoms with Crippen LogP contribution in [0, 0.1) is 0 Å². The van der Waals surface area contributed by atoms with Gasteiger partial charge in [0.05, 0.1) is 6.04 Å². The van der Waals surface area contributed by atoms with E-state index in [1.807, 2.05) is 24.3 Å². The van der Waals surface area contributed by atoms with E-state index in [4.69, 9.17) is 16.6 Å². The van der Waals surface area contributed by atoms with Crippen molar-refractivity contribution in [2.45, 2.75) is 43.8 Å². The van der Waals surface area contributed by atoms with E-state index in [2.05, 4.69) is 33.6 Å². The number of unbranched alkanes of at least 4 members (excludes halogenated alkanes) is 1. The summed E-state index contributed by atoms with van der Waals surface area (Å²) in [6.07, 6.45) is 3.37. The fraction of sp³-hybridized carbons (Fsp3) is 0.455. The number of benzene rings is 1. The predicted octanol–water partition coefficient (Wildman–Crippen LogP) is -0.733. The predicted molar refractivity (Wildman–Crippen MR) is 131 cm³/mol. The number of carboxylic acid groups (broad SMARTS) is 1. The normalized spacial score (nSPS) is 13.6. The van der Waals surface area contributed by atoms with Gasteiger partial charge in [-0.1, -0.05) is 18.2 Å². The van der Waals surface area contributed by atoms with Crippen LogP contribution in [-0.4, -0.2) is 70.7 Å². The van der Waals surface area contributed by atoms with E-state index in [0.29, 0.717) is 25.8 Å². The number of hydrogen-bond donors (Lipinski definition) is 8. The summed E-state index contributed by atoms with van der Waals surface area (Å²) >= 11 is 4.01. The summed E-state index contributed by atoms with van der Waals surface area (Å²) in [6, 6.07) is 4.57. The Balaban J connectivity index is 2.22. The molecule has 0 spiro atoms. The van der Waals surface area contributed by atoms with Gasteiger partial charge in [0, 0.05) is 29.3 Å². The molecule has 3 amide bonds. The van der Waals surface area contributed by atoms with Crippen molar-refractivity contribution in [2.24, 2.45) is 11.5 Å². The number of rotatable bonds is 14. The Morgan fingerprint density at radius 2 is 1.74 bits per heavy atom. The molecule has 0 aliphatic rings. The first-order valence-corrected chi connectivity index (χ1v) is 11.6. The highest BCUT2D eigenvalue weighted by atomic mass is 32.1. The van der Waals surface area contributed by atoms with E-state index >= 15 is 0 Å². The highest BCUT2D eigenvalue weighted by Gasteiger charge is 2.28. The van der Waals surface area contributed by atoms with Crippen LogP contribution in [0.15, 0.2) is 30.5 Å². The second-order valence-corrected chi connectivity index (χ2v) is 8.24. The SMILES string of the molecule is NCCCCC(NC(=O)C(N)CS)C(=O)NC(Cc1c[nH]c2ccccc12)C(=O)NCC(=O)O. The lowest BCUT2D eigenvalue weighted by molar-refractivity contribution is -0.138. The van der Waals surface area contributed by atoms with Gasteiger partial charge in [0.15, 0.2) is 0 Å². The highest BCUT2D eigenvalue weighted by molar-refractivity contribution is 7.80. The number of para-hydroxylation sites is 1. The Morgan fingerprint density at radius 1 is 1.03 bits per heavy atom. The van der Waals surface area contributed by atoms with Crippen molar-refractivity contribution < 1.29 is 24.3 Å². The first-order valence-electron chi connectivity index (χ1n) is 11.0. The van der Waals surface area contributed by atoms with Crippen molar-refractivity contribution in [1.29, 1.82) is 0 Å². The molecule has 0 aliphatic carbocycles. The van der Waals surface area contributed by atoms with Crippen LogP contribution in [0.1, 0.15) is 24.8 Å². The number of amides is 3. The highest BCUT2D eigenvalue weighted by Crippen LogP contribution is 2.19. The summed E-state index contributed by atoms with van der Waals surface area (Å²) in [7, 11) is 0. The number of H-pyrrole nitrogens is 1. The minimum Gasteiger partial charge on any atom is -0.480 e. The summed E-state index contributed by atoms with van der Waals surface area (Å²) in [5, 5.41) is 17.4. The van der Waals surface area contributed by atoms with E-state index in [9.17, 15) is 19.2 Å². The number of thiol groups is 1. The van der Waals surface area contributed by atoms with E-state index in [-0.39, 0.29) is 12.2 Å². The van der Waals surface area contributed by atoms with Crippen LogP contribution in [0.4, 0.5) is 0 Å². The molecule has 1 aromatic carbocycles. The van der Waals surface area contributed by atoms with Crippen molar-refractivity contribution >= 4 is 47.2 Å². The van der Waals surface area contributed by atoms with Crippen molar-refractivity contribution in [1.82, 2.24) is 20.9 Å². The van der Waals surface area contributed by atoms with Gasteiger partial charge in [0.25, 0.3) is 0 Å². The van der Waals surface area contributed by atoms with Gasteiger partial charge in [-0.05, 0) is 37.4 Å². The average Bonchev–Trinajstić information content (AvgIpc) is 3.23. The maximum atomic E-state index is 13.1. The number of aromatic nitrogens is 1. The lowest BCUT2D eigenvalue weighted by Gasteiger charge is -2.24. The van der Waals surface area contributed by atoms with Crippen molar-refractivity contribution in [3.63, 3.8) is 0 Å².